The summed E-state index contributed by atoms with van der Waals surface area (Å²) in [6.07, 6.45) is 0. The maximum absolute atomic E-state index is 12.7. The van der Waals surface area contributed by atoms with Crippen LogP contribution in [0, 0.1) is 23.0 Å². The van der Waals surface area contributed by atoms with Crippen LogP contribution in [0.2, 0.25) is 0 Å². The summed E-state index contributed by atoms with van der Waals surface area (Å²) in [6, 6.07) is 2.41. The lowest BCUT2D eigenvalue weighted by Gasteiger charge is -2.00. The molecule has 74 valence electrons. The van der Waals surface area contributed by atoms with E-state index in [4.69, 9.17) is 5.26 Å². The zero-order valence-electron chi connectivity index (χ0n) is 6.66. The molecular weight excluding hydrogens is 214 g/mol. The highest BCUT2D eigenvalue weighted by atomic mass is 32.2. The third-order valence-corrected chi connectivity index (χ3v) is 2.34. The van der Waals surface area contributed by atoms with Gasteiger partial charge < -0.3 is 0 Å². The van der Waals surface area contributed by atoms with Crippen molar-refractivity contribution in [2.75, 3.05) is 0 Å². The molecule has 2 N–H and O–H groups in total. The lowest BCUT2D eigenvalue weighted by molar-refractivity contribution is 0.502. The molecule has 0 spiro atoms. The first kappa shape index (κ1) is 10.6. The second-order valence-corrected chi connectivity index (χ2v) is 3.98. The van der Waals surface area contributed by atoms with Gasteiger partial charge in [-0.05, 0) is 12.1 Å². The maximum atomic E-state index is 12.7. The second-order valence-electron chi connectivity index (χ2n) is 2.42. The topological polar surface area (TPSA) is 83.9 Å². The third kappa shape index (κ3) is 1.86. The molecule has 7 heteroatoms. The molecule has 0 aliphatic carbocycles. The fourth-order valence-electron chi connectivity index (χ4n) is 0.810. The average Bonchev–Trinajstić information content (AvgIpc) is 2.07. The van der Waals surface area contributed by atoms with Crippen LogP contribution in [0.25, 0.3) is 0 Å². The van der Waals surface area contributed by atoms with Crippen LogP contribution in [0.5, 0.6) is 0 Å². The van der Waals surface area contributed by atoms with Crippen molar-refractivity contribution in [3.05, 3.63) is 29.3 Å². The van der Waals surface area contributed by atoms with E-state index in [9.17, 15) is 17.2 Å². The molecule has 0 radical (unpaired) electrons. The summed E-state index contributed by atoms with van der Waals surface area (Å²) in [5.41, 5.74) is -0.700. The standard InChI is InChI=1S/C7H4F2N2O2S/c8-6-2-5(14(11,12)13)1-4(3-10)7(6)9/h1-2H,(H2,11,12,13). The SMILES string of the molecule is N#Cc1cc(S(N)(=O)=O)cc(F)c1F. The minimum absolute atomic E-state index is 0.422. The van der Waals surface area contributed by atoms with Crippen molar-refractivity contribution in [3.63, 3.8) is 0 Å². The van der Waals surface area contributed by atoms with Crippen LogP contribution in [0.3, 0.4) is 0 Å². The second kappa shape index (κ2) is 3.32. The number of benzene rings is 1. The van der Waals surface area contributed by atoms with Gasteiger partial charge in [0.1, 0.15) is 6.07 Å². The number of halogens is 2. The summed E-state index contributed by atoms with van der Waals surface area (Å²) in [5.74, 6) is -2.81. The largest absolute Gasteiger partial charge is 0.238 e. The molecule has 0 aliphatic rings. The Balaban J connectivity index is 3.56. The van der Waals surface area contributed by atoms with Gasteiger partial charge in [-0.25, -0.2) is 22.3 Å². The number of nitrogens with zero attached hydrogens (tertiary/aromatic N) is 1. The lowest BCUT2D eigenvalue weighted by atomic mass is 10.2. The maximum Gasteiger partial charge on any atom is 0.238 e. The first-order valence-electron chi connectivity index (χ1n) is 3.28. The van der Waals surface area contributed by atoms with Crippen LogP contribution in [0.1, 0.15) is 5.56 Å². The van der Waals surface area contributed by atoms with Gasteiger partial charge in [0.15, 0.2) is 11.6 Å². The Labute approximate surface area is 78.6 Å². The zero-order valence-corrected chi connectivity index (χ0v) is 7.48. The minimum Gasteiger partial charge on any atom is -0.225 e. The van der Waals surface area contributed by atoms with Gasteiger partial charge in [0.25, 0.3) is 0 Å². The number of primary sulfonamides is 1. The molecule has 0 fully saturated rings. The molecule has 0 aromatic heterocycles. The van der Waals surface area contributed by atoms with E-state index < -0.39 is 32.1 Å². The Kier molecular flexibility index (Phi) is 2.51. The predicted octanol–water partition coefficient (Wildman–Crippen LogP) is 0.484. The summed E-state index contributed by atoms with van der Waals surface area (Å²) in [6.45, 7) is 0. The number of nitrogens with two attached hydrogens (primary N) is 1. The highest BCUT2D eigenvalue weighted by Crippen LogP contribution is 2.16. The molecular formula is C7H4F2N2O2S. The van der Waals surface area contributed by atoms with Crippen LogP contribution in [-0.4, -0.2) is 8.42 Å². The van der Waals surface area contributed by atoms with Gasteiger partial charge in [-0.15, -0.1) is 0 Å². The highest BCUT2D eigenvalue weighted by molar-refractivity contribution is 7.89. The van der Waals surface area contributed by atoms with Crippen molar-refractivity contribution in [1.82, 2.24) is 0 Å². The van der Waals surface area contributed by atoms with E-state index in [0.717, 1.165) is 0 Å². The van der Waals surface area contributed by atoms with Crippen molar-refractivity contribution in [2.24, 2.45) is 5.14 Å². The van der Waals surface area contributed by atoms with Crippen molar-refractivity contribution in [3.8, 4) is 6.07 Å². The molecule has 14 heavy (non-hydrogen) atoms. The Morgan fingerprint density at radius 3 is 2.36 bits per heavy atom. The molecule has 0 aliphatic heterocycles. The number of hydrogen-bond acceptors (Lipinski definition) is 3. The van der Waals surface area contributed by atoms with Gasteiger partial charge in [-0.2, -0.15) is 5.26 Å². The molecule has 1 rings (SSSR count). The van der Waals surface area contributed by atoms with E-state index in [1.54, 1.807) is 0 Å². The number of hydrogen-bond donors (Lipinski definition) is 1. The number of sulfonamides is 1. The number of nitriles is 1. The van der Waals surface area contributed by atoms with E-state index in [1.807, 2.05) is 0 Å². The lowest BCUT2D eigenvalue weighted by Crippen LogP contribution is -2.13. The van der Waals surface area contributed by atoms with Gasteiger partial charge in [-0.1, -0.05) is 0 Å². The Hall–Kier alpha value is -1.52. The molecule has 0 saturated heterocycles. The molecule has 4 nitrogen and oxygen atoms in total. The van der Waals surface area contributed by atoms with E-state index in [-0.39, 0.29) is 0 Å². The van der Waals surface area contributed by atoms with Gasteiger partial charge in [0.05, 0.1) is 10.5 Å². The summed E-state index contributed by atoms with van der Waals surface area (Å²) >= 11 is 0. The van der Waals surface area contributed by atoms with Gasteiger partial charge in [0.2, 0.25) is 10.0 Å². The van der Waals surface area contributed by atoms with E-state index in [1.165, 1.54) is 6.07 Å². The van der Waals surface area contributed by atoms with Crippen LogP contribution in [0.4, 0.5) is 8.78 Å². The summed E-state index contributed by atoms with van der Waals surface area (Å²) in [4.78, 5) is -0.632. The molecule has 0 unspecified atom stereocenters. The highest BCUT2D eigenvalue weighted by Gasteiger charge is 2.16. The Morgan fingerprint density at radius 2 is 1.93 bits per heavy atom. The van der Waals surface area contributed by atoms with Gasteiger partial charge >= 0.3 is 0 Å². The van der Waals surface area contributed by atoms with E-state index >= 15 is 0 Å². The molecule has 0 heterocycles. The van der Waals surface area contributed by atoms with Crippen LogP contribution in [0.15, 0.2) is 17.0 Å². The fraction of sp³-hybridized carbons (Fsp3) is 0. The third-order valence-electron chi connectivity index (χ3n) is 1.45. The summed E-state index contributed by atoms with van der Waals surface area (Å²) in [7, 11) is -4.13. The summed E-state index contributed by atoms with van der Waals surface area (Å²) in [5, 5.41) is 13.0. The molecule has 1 aromatic rings. The molecule has 0 amide bonds. The average molecular weight is 218 g/mol. The smallest absolute Gasteiger partial charge is 0.225 e. The molecule has 0 bridgehead atoms. The van der Waals surface area contributed by atoms with Crippen LogP contribution in [-0.2, 0) is 10.0 Å². The first-order valence-corrected chi connectivity index (χ1v) is 4.83. The van der Waals surface area contributed by atoms with E-state index in [2.05, 4.69) is 5.14 Å². The van der Waals surface area contributed by atoms with Gasteiger partial charge in [-0.3, -0.25) is 0 Å². The Morgan fingerprint density at radius 1 is 1.36 bits per heavy atom. The molecule has 0 saturated carbocycles. The van der Waals surface area contributed by atoms with Crippen molar-refractivity contribution >= 4 is 10.0 Å². The zero-order chi connectivity index (χ0) is 10.9. The summed E-state index contributed by atoms with van der Waals surface area (Å²) < 4.78 is 46.9. The minimum atomic E-state index is -4.13. The van der Waals surface area contributed by atoms with Gasteiger partial charge in [0, 0.05) is 0 Å². The van der Waals surface area contributed by atoms with Crippen LogP contribution >= 0.6 is 0 Å². The fourth-order valence-corrected chi connectivity index (χ4v) is 1.36. The van der Waals surface area contributed by atoms with Crippen molar-refractivity contribution in [1.29, 1.82) is 5.26 Å². The first-order chi connectivity index (χ1) is 6.36. The number of rotatable bonds is 1. The normalized spacial score (nSPS) is 11.0. The Bertz CT molecular complexity index is 519. The predicted molar refractivity (Wildman–Crippen MR) is 42.4 cm³/mol. The van der Waals surface area contributed by atoms with Crippen LogP contribution < -0.4 is 5.14 Å². The van der Waals surface area contributed by atoms with Crippen molar-refractivity contribution in [2.45, 2.75) is 4.90 Å². The monoisotopic (exact) mass is 218 g/mol. The molecule has 0 atom stereocenters. The quantitative estimate of drug-likeness (QED) is 0.744. The van der Waals surface area contributed by atoms with Crippen molar-refractivity contribution < 1.29 is 17.2 Å². The van der Waals surface area contributed by atoms with E-state index in [0.29, 0.717) is 12.1 Å². The molecule has 1 aromatic carbocycles.